The minimum absolute atomic E-state index is 0.0276. The lowest BCUT2D eigenvalue weighted by Crippen LogP contribution is -2.53. The van der Waals surface area contributed by atoms with Crippen LogP contribution in [0.4, 0.5) is 4.79 Å². The Balaban J connectivity index is 1.56. The number of ether oxygens (including phenoxy) is 1. The van der Waals surface area contributed by atoms with Gasteiger partial charge in [-0.1, -0.05) is 104 Å². The summed E-state index contributed by atoms with van der Waals surface area (Å²) in [5.74, 6) is -1.70. The van der Waals surface area contributed by atoms with Crippen molar-refractivity contribution in [1.82, 2.24) is 20.9 Å². The molecule has 10 nitrogen and oxygen atoms in total. The van der Waals surface area contributed by atoms with Gasteiger partial charge in [-0.2, -0.15) is 0 Å². The minimum Gasteiger partial charge on any atom is -0.445 e. The zero-order valence-corrected chi connectivity index (χ0v) is 28.3. The summed E-state index contributed by atoms with van der Waals surface area (Å²) < 4.78 is 31.2. The molecule has 0 saturated heterocycles. The molecule has 0 fully saturated rings. The quantitative estimate of drug-likeness (QED) is 0.124. The van der Waals surface area contributed by atoms with Crippen LogP contribution in [-0.4, -0.2) is 43.4 Å². The van der Waals surface area contributed by atoms with Crippen molar-refractivity contribution in [2.45, 2.75) is 58.2 Å². The number of carbonyl (C=O) groups is 3. The van der Waals surface area contributed by atoms with E-state index in [1.807, 2.05) is 74.5 Å². The number of fused-ring (bicyclic) bond motifs is 1. The number of alkyl carbamates (subject to hydrolysis) is 1. The molecule has 1 aromatic heterocycles. The van der Waals surface area contributed by atoms with Crippen LogP contribution in [0.25, 0.3) is 10.9 Å². The average Bonchev–Trinajstić information content (AvgIpc) is 3.48. The molecule has 0 aliphatic rings. The predicted molar refractivity (Wildman–Crippen MR) is 187 cm³/mol. The number of sulfone groups is 1. The van der Waals surface area contributed by atoms with Crippen molar-refractivity contribution in [3.63, 3.8) is 0 Å². The monoisotopic (exact) mass is 670 g/mol. The van der Waals surface area contributed by atoms with Gasteiger partial charge in [0.05, 0.1) is 11.8 Å². The maximum atomic E-state index is 14.0. The molecule has 4 aromatic rings. The summed E-state index contributed by atoms with van der Waals surface area (Å²) in [6.45, 7) is 7.24. The Morgan fingerprint density at radius 1 is 0.812 bits per heavy atom. The number of H-pyrrole nitrogens is 1. The van der Waals surface area contributed by atoms with Gasteiger partial charge in [0.15, 0.2) is 9.84 Å². The molecule has 11 heteroatoms. The number of nitrogens with one attached hydrogen (secondary N) is 4. The van der Waals surface area contributed by atoms with Gasteiger partial charge in [0.25, 0.3) is 0 Å². The molecule has 0 saturated carbocycles. The molecule has 3 atom stereocenters. The van der Waals surface area contributed by atoms with E-state index in [2.05, 4.69) is 20.9 Å². The van der Waals surface area contributed by atoms with Crippen molar-refractivity contribution in [3.8, 4) is 0 Å². The Kier molecular flexibility index (Phi) is 12.3. The number of para-hydroxylation sites is 1. The van der Waals surface area contributed by atoms with Crippen LogP contribution in [0.1, 0.15) is 50.4 Å². The number of allylic oxidation sites excluding steroid dienone is 1. The Morgan fingerprint density at radius 2 is 1.44 bits per heavy atom. The van der Waals surface area contributed by atoms with Gasteiger partial charge in [-0.25, -0.2) is 13.2 Å². The van der Waals surface area contributed by atoms with Crippen LogP contribution in [-0.2, 0) is 36.5 Å². The third-order valence-corrected chi connectivity index (χ3v) is 8.75. The fourth-order valence-corrected chi connectivity index (χ4v) is 6.25. The highest BCUT2D eigenvalue weighted by atomic mass is 32.2. The molecule has 3 amide bonds. The Labute approximate surface area is 281 Å². The van der Waals surface area contributed by atoms with Crippen molar-refractivity contribution in [1.29, 1.82) is 0 Å². The lowest BCUT2D eigenvalue weighted by molar-refractivity contribution is -0.130. The Hall–Kier alpha value is -5.16. The molecule has 48 heavy (non-hydrogen) atoms. The number of carbonyl (C=O) groups excluding carboxylic acids is 3. The van der Waals surface area contributed by atoms with Crippen molar-refractivity contribution in [2.24, 2.45) is 5.92 Å². The van der Waals surface area contributed by atoms with Crippen molar-refractivity contribution < 1.29 is 27.5 Å². The Morgan fingerprint density at radius 3 is 2.08 bits per heavy atom. The van der Waals surface area contributed by atoms with Gasteiger partial charge in [0.1, 0.15) is 18.7 Å². The van der Waals surface area contributed by atoms with E-state index in [1.54, 1.807) is 50.4 Å². The first-order valence-electron chi connectivity index (χ1n) is 15.7. The van der Waals surface area contributed by atoms with Gasteiger partial charge in [-0.15, -0.1) is 0 Å². The van der Waals surface area contributed by atoms with Crippen LogP contribution >= 0.6 is 0 Å². The van der Waals surface area contributed by atoms with Gasteiger partial charge < -0.3 is 25.7 Å². The third-order valence-electron chi connectivity index (χ3n) is 7.44. The third kappa shape index (κ3) is 10.4. The number of aromatic nitrogens is 1. The summed E-state index contributed by atoms with van der Waals surface area (Å²) in [6.07, 6.45) is 4.02. The van der Waals surface area contributed by atoms with E-state index in [0.717, 1.165) is 22.1 Å². The molecule has 0 aliphatic carbocycles. The van der Waals surface area contributed by atoms with Gasteiger partial charge in [0.2, 0.25) is 11.8 Å². The lowest BCUT2D eigenvalue weighted by Gasteiger charge is -2.26. The first-order valence-corrected chi connectivity index (χ1v) is 17.4. The van der Waals surface area contributed by atoms with E-state index in [-0.39, 0.29) is 18.3 Å². The van der Waals surface area contributed by atoms with Crippen LogP contribution in [0.2, 0.25) is 0 Å². The smallest absolute Gasteiger partial charge is 0.408 e. The summed E-state index contributed by atoms with van der Waals surface area (Å²) in [5, 5.41) is 10.2. The van der Waals surface area contributed by atoms with E-state index >= 15 is 0 Å². The molecule has 4 rings (SSSR count). The fraction of sp³-hybridized carbons (Fsp3) is 0.270. The highest BCUT2D eigenvalue weighted by Crippen LogP contribution is 2.25. The molecular formula is C37H42N4O6S. The molecule has 1 heterocycles. The molecule has 0 bridgehead atoms. The van der Waals surface area contributed by atoms with E-state index in [1.165, 1.54) is 6.08 Å². The second kappa shape index (κ2) is 16.6. The summed E-state index contributed by atoms with van der Waals surface area (Å²) in [4.78, 5) is 43.7. The first kappa shape index (κ1) is 35.7. The van der Waals surface area contributed by atoms with E-state index in [4.69, 9.17) is 4.74 Å². The number of benzene rings is 3. The molecule has 252 valence electrons. The minimum atomic E-state index is -3.66. The van der Waals surface area contributed by atoms with Gasteiger partial charge in [-0.05, 0) is 43.0 Å². The lowest BCUT2D eigenvalue weighted by atomic mass is 10.0. The summed E-state index contributed by atoms with van der Waals surface area (Å²) in [7, 11) is -3.66. The topological polar surface area (TPSA) is 146 Å². The van der Waals surface area contributed by atoms with Crippen LogP contribution in [0, 0.1) is 5.92 Å². The summed E-state index contributed by atoms with van der Waals surface area (Å²) >= 11 is 0. The Bertz CT molecular complexity index is 1860. The first-order chi connectivity index (χ1) is 22.9. The number of aromatic amines is 1. The van der Waals surface area contributed by atoms with E-state index < -0.39 is 45.9 Å². The normalized spacial score (nSPS) is 13.4. The largest absolute Gasteiger partial charge is 0.445 e. The maximum absolute atomic E-state index is 14.0. The molecule has 3 aromatic carbocycles. The highest BCUT2D eigenvalue weighted by molar-refractivity contribution is 7.93. The van der Waals surface area contributed by atoms with Crippen LogP contribution < -0.4 is 16.0 Å². The summed E-state index contributed by atoms with van der Waals surface area (Å²) in [6, 6.07) is 22.3. The van der Waals surface area contributed by atoms with Crippen molar-refractivity contribution >= 4 is 38.6 Å². The average molecular weight is 671 g/mol. The van der Waals surface area contributed by atoms with Crippen LogP contribution in [0.3, 0.4) is 0 Å². The second-order valence-electron chi connectivity index (χ2n) is 12.1. The van der Waals surface area contributed by atoms with Crippen LogP contribution in [0.5, 0.6) is 0 Å². The molecule has 4 N–H and O–H groups in total. The maximum Gasteiger partial charge on any atom is 0.408 e. The van der Waals surface area contributed by atoms with Crippen LogP contribution in [0.15, 0.2) is 114 Å². The van der Waals surface area contributed by atoms with Gasteiger partial charge in [-0.3, -0.25) is 9.59 Å². The summed E-state index contributed by atoms with van der Waals surface area (Å²) in [5.41, 5.74) is 3.54. The molecular weight excluding hydrogens is 628 g/mol. The van der Waals surface area contributed by atoms with Crippen molar-refractivity contribution in [2.75, 3.05) is 0 Å². The predicted octanol–water partition coefficient (Wildman–Crippen LogP) is 5.86. The van der Waals surface area contributed by atoms with E-state index in [9.17, 15) is 22.8 Å². The fourth-order valence-electron chi connectivity index (χ4n) is 5.09. The number of amides is 3. The number of hydrogen-bond donors (Lipinski definition) is 4. The standard InChI is InChI=1S/C37H42N4O6S/c1-25(2)21-29(19-20-48(45,46)24-28-15-9-6-10-16-28)39-36(43)34(31-22-38-32-18-12-11-17-30(31)32)40-35(42)33(26(3)4)41-37(44)47-23-27-13-7-5-8-14-27/h5-22,26,29,33-34,38H,23-24H2,1-4H3,(H,39,43)(H,40,42)(H,41,44)/b20-19+. The SMILES string of the molecule is CC(C)=CC(/C=C/S(=O)(=O)Cc1ccccc1)NC(=O)C(NC(=O)C(NC(=O)OCc1ccccc1)C(C)C)c1c[nH]c2ccccc12. The highest BCUT2D eigenvalue weighted by Gasteiger charge is 2.32. The zero-order valence-electron chi connectivity index (χ0n) is 27.5. The second-order valence-corrected chi connectivity index (χ2v) is 13.9. The van der Waals surface area contributed by atoms with Crippen molar-refractivity contribution in [3.05, 3.63) is 131 Å². The number of rotatable bonds is 14. The molecule has 3 unspecified atom stereocenters. The van der Waals surface area contributed by atoms with Gasteiger partial charge >= 0.3 is 6.09 Å². The molecule has 0 spiro atoms. The van der Waals surface area contributed by atoms with E-state index in [0.29, 0.717) is 16.5 Å². The van der Waals surface area contributed by atoms with Gasteiger partial charge in [0, 0.05) is 28.1 Å². The molecule has 0 aliphatic heterocycles. The zero-order chi connectivity index (χ0) is 34.7. The molecule has 0 radical (unpaired) electrons. The number of hydrogen-bond acceptors (Lipinski definition) is 6.